The summed E-state index contributed by atoms with van der Waals surface area (Å²) in [6.45, 7) is 5.25. The van der Waals surface area contributed by atoms with E-state index >= 15 is 0 Å². The molecule has 1 aliphatic rings. The van der Waals surface area contributed by atoms with Crippen molar-refractivity contribution in [1.29, 1.82) is 0 Å². The molecule has 1 saturated heterocycles. The summed E-state index contributed by atoms with van der Waals surface area (Å²) in [5.41, 5.74) is 3.24. The Bertz CT molecular complexity index is 1000. The molecule has 2 heterocycles. The van der Waals surface area contributed by atoms with Crippen LogP contribution < -0.4 is 16.1 Å². The summed E-state index contributed by atoms with van der Waals surface area (Å²) in [4.78, 5) is 32.4. The van der Waals surface area contributed by atoms with E-state index in [0.717, 1.165) is 36.9 Å². The molecule has 3 rings (SSSR count). The van der Waals surface area contributed by atoms with Gasteiger partial charge in [-0.05, 0) is 43.2 Å². The first-order valence-electron chi connectivity index (χ1n) is 11.9. The Morgan fingerprint density at radius 2 is 1.91 bits per heavy atom. The fraction of sp³-hybridized carbons (Fsp3) is 0.583. The third-order valence-electron chi connectivity index (χ3n) is 6.45. The van der Waals surface area contributed by atoms with Crippen LogP contribution in [0.25, 0.3) is 10.9 Å². The van der Waals surface area contributed by atoms with Crippen molar-refractivity contribution in [3.63, 3.8) is 0 Å². The molecule has 0 spiro atoms. The SMILES string of the molecule is CCc1c(SC)n(C)c2c(N3CCN(C(=O)CCCCCNC(=O)CON)CC3)c(O)ccc12. The second-order valence-corrected chi connectivity index (χ2v) is 9.36. The van der Waals surface area contributed by atoms with E-state index in [1.165, 1.54) is 16.0 Å². The first-order valence-corrected chi connectivity index (χ1v) is 13.1. The van der Waals surface area contributed by atoms with Gasteiger partial charge in [0.25, 0.3) is 0 Å². The number of aromatic hydroxyl groups is 1. The minimum absolute atomic E-state index is 0.140. The molecule has 2 aromatic rings. The van der Waals surface area contributed by atoms with Gasteiger partial charge in [0.2, 0.25) is 11.8 Å². The van der Waals surface area contributed by atoms with Crippen molar-refractivity contribution in [2.45, 2.75) is 44.1 Å². The van der Waals surface area contributed by atoms with Crippen LogP contribution in [-0.4, -0.2) is 72.0 Å². The van der Waals surface area contributed by atoms with Crippen LogP contribution >= 0.6 is 11.8 Å². The second-order valence-electron chi connectivity index (χ2n) is 8.57. The fourth-order valence-electron chi connectivity index (χ4n) is 4.75. The molecule has 1 aromatic heterocycles. The molecule has 0 bridgehead atoms. The maximum absolute atomic E-state index is 12.7. The van der Waals surface area contributed by atoms with Crippen molar-refractivity contribution in [1.82, 2.24) is 14.8 Å². The monoisotopic (exact) mass is 491 g/mol. The molecule has 0 unspecified atom stereocenters. The standard InChI is InChI=1S/C24H37N5O4S/c1-4-17-18-9-10-19(30)23(22(18)27(2)24(17)34-3)29-14-12-28(13-15-29)21(32)8-6-5-7-11-26-20(31)16-33-25/h9-10,30H,4-8,11-16,25H2,1-3H3,(H,26,31). The van der Waals surface area contributed by atoms with Gasteiger partial charge < -0.3 is 24.8 Å². The molecular weight excluding hydrogens is 454 g/mol. The lowest BCUT2D eigenvalue weighted by molar-refractivity contribution is -0.131. The Hall–Kier alpha value is -2.43. The van der Waals surface area contributed by atoms with Crippen LogP contribution in [0.3, 0.4) is 0 Å². The molecule has 1 aromatic carbocycles. The molecule has 188 valence electrons. The second kappa shape index (κ2) is 12.3. The van der Waals surface area contributed by atoms with Gasteiger partial charge in [0.05, 0.1) is 10.5 Å². The van der Waals surface area contributed by atoms with E-state index in [4.69, 9.17) is 5.90 Å². The molecule has 9 nitrogen and oxygen atoms in total. The van der Waals surface area contributed by atoms with Crippen LogP contribution in [0.2, 0.25) is 0 Å². The van der Waals surface area contributed by atoms with Crippen molar-refractivity contribution in [3.05, 3.63) is 17.7 Å². The largest absolute Gasteiger partial charge is 0.506 e. The smallest absolute Gasteiger partial charge is 0.248 e. The maximum atomic E-state index is 12.7. The number of thioether (sulfide) groups is 1. The van der Waals surface area contributed by atoms with Crippen LogP contribution in [0.4, 0.5) is 5.69 Å². The van der Waals surface area contributed by atoms with Gasteiger partial charge in [-0.2, -0.15) is 0 Å². The number of nitrogens with zero attached hydrogens (tertiary/aromatic N) is 3. The maximum Gasteiger partial charge on any atom is 0.248 e. The summed E-state index contributed by atoms with van der Waals surface area (Å²) in [5.74, 6) is 5.08. The summed E-state index contributed by atoms with van der Waals surface area (Å²) in [6.07, 6.45) is 6.02. The van der Waals surface area contributed by atoms with Crippen LogP contribution in [0.1, 0.15) is 38.2 Å². The van der Waals surface area contributed by atoms with E-state index in [1.54, 1.807) is 17.8 Å². The lowest BCUT2D eigenvalue weighted by Gasteiger charge is -2.36. The zero-order chi connectivity index (χ0) is 24.7. The first kappa shape index (κ1) is 26.2. The average molecular weight is 492 g/mol. The lowest BCUT2D eigenvalue weighted by atomic mass is 10.1. The zero-order valence-corrected chi connectivity index (χ0v) is 21.2. The molecule has 2 amide bonds. The number of hydrogen-bond donors (Lipinski definition) is 3. The molecule has 0 atom stereocenters. The van der Waals surface area contributed by atoms with Crippen molar-refractivity contribution in [2.75, 3.05) is 50.5 Å². The number of aryl methyl sites for hydroxylation is 2. The van der Waals surface area contributed by atoms with E-state index in [0.29, 0.717) is 39.1 Å². The van der Waals surface area contributed by atoms with Crippen molar-refractivity contribution in [2.24, 2.45) is 12.9 Å². The van der Waals surface area contributed by atoms with Gasteiger partial charge >= 0.3 is 0 Å². The number of amides is 2. The quantitative estimate of drug-likeness (QED) is 0.251. The number of phenolic OH excluding ortho intramolecular Hbond substituents is 1. The average Bonchev–Trinajstić information content (AvgIpc) is 3.12. The number of anilines is 1. The van der Waals surface area contributed by atoms with Crippen molar-refractivity contribution >= 4 is 40.2 Å². The van der Waals surface area contributed by atoms with Crippen LogP contribution in [0, 0.1) is 0 Å². The Kier molecular flexibility index (Phi) is 9.49. The fourth-order valence-corrected chi connectivity index (χ4v) is 5.62. The Morgan fingerprint density at radius 3 is 2.56 bits per heavy atom. The van der Waals surface area contributed by atoms with Gasteiger partial charge in [-0.15, -0.1) is 11.8 Å². The summed E-state index contributed by atoms with van der Waals surface area (Å²) >= 11 is 1.73. The molecule has 34 heavy (non-hydrogen) atoms. The predicted molar refractivity (Wildman–Crippen MR) is 136 cm³/mol. The number of unbranched alkanes of at least 4 members (excludes halogenated alkanes) is 2. The topological polar surface area (TPSA) is 113 Å². The van der Waals surface area contributed by atoms with Crippen LogP contribution in [0.15, 0.2) is 17.2 Å². The minimum Gasteiger partial charge on any atom is -0.506 e. The van der Waals surface area contributed by atoms with E-state index in [2.05, 4.69) is 39.8 Å². The van der Waals surface area contributed by atoms with E-state index in [-0.39, 0.29) is 24.2 Å². The molecule has 4 N–H and O–H groups in total. The Balaban J connectivity index is 1.55. The number of nitrogens with one attached hydrogen (secondary N) is 1. The number of piperazine rings is 1. The summed E-state index contributed by atoms with van der Waals surface area (Å²) in [5, 5.41) is 15.9. The van der Waals surface area contributed by atoms with Gasteiger partial charge in [0.1, 0.15) is 18.0 Å². The number of phenols is 1. The predicted octanol–water partition coefficient (Wildman–Crippen LogP) is 2.38. The van der Waals surface area contributed by atoms with E-state index < -0.39 is 0 Å². The third kappa shape index (κ3) is 5.79. The molecule has 10 heteroatoms. The lowest BCUT2D eigenvalue weighted by Crippen LogP contribution is -2.48. The highest BCUT2D eigenvalue weighted by atomic mass is 32.2. The van der Waals surface area contributed by atoms with Gasteiger partial charge in [0.15, 0.2) is 0 Å². The number of carbonyl (C=O) groups is 2. The summed E-state index contributed by atoms with van der Waals surface area (Å²) in [7, 11) is 2.06. The molecule has 1 aliphatic heterocycles. The Labute approximate surface area is 205 Å². The number of nitrogens with two attached hydrogens (primary N) is 1. The molecule has 0 aliphatic carbocycles. The molecular formula is C24H37N5O4S. The number of fused-ring (bicyclic) bond motifs is 1. The highest BCUT2D eigenvalue weighted by Crippen LogP contribution is 2.41. The number of hydrogen-bond acceptors (Lipinski definition) is 7. The molecule has 0 saturated carbocycles. The third-order valence-corrected chi connectivity index (χ3v) is 7.36. The number of aromatic nitrogens is 1. The van der Waals surface area contributed by atoms with E-state index in [9.17, 15) is 14.7 Å². The van der Waals surface area contributed by atoms with Crippen molar-refractivity contribution in [3.8, 4) is 5.75 Å². The first-order chi connectivity index (χ1) is 16.4. The summed E-state index contributed by atoms with van der Waals surface area (Å²) < 4.78 is 2.19. The summed E-state index contributed by atoms with van der Waals surface area (Å²) in [6, 6.07) is 3.81. The highest BCUT2D eigenvalue weighted by Gasteiger charge is 2.26. The molecule has 0 radical (unpaired) electrons. The van der Waals surface area contributed by atoms with Crippen LogP contribution in [-0.2, 0) is 27.9 Å². The highest BCUT2D eigenvalue weighted by molar-refractivity contribution is 7.98. The van der Waals surface area contributed by atoms with Gasteiger partial charge in [-0.3, -0.25) is 14.4 Å². The normalized spacial score (nSPS) is 14.1. The van der Waals surface area contributed by atoms with Gasteiger partial charge in [-0.25, -0.2) is 5.90 Å². The number of benzene rings is 1. The van der Waals surface area contributed by atoms with E-state index in [1.807, 2.05) is 11.0 Å². The zero-order valence-electron chi connectivity index (χ0n) is 20.4. The molecule has 1 fully saturated rings. The Morgan fingerprint density at radius 1 is 1.18 bits per heavy atom. The number of carbonyl (C=O) groups excluding carboxylic acids is 2. The van der Waals surface area contributed by atoms with Gasteiger partial charge in [-0.1, -0.05) is 13.3 Å². The van der Waals surface area contributed by atoms with Crippen LogP contribution in [0.5, 0.6) is 5.75 Å². The minimum atomic E-state index is -0.232. The number of rotatable bonds is 11. The van der Waals surface area contributed by atoms with Crippen molar-refractivity contribution < 1.29 is 19.5 Å². The van der Waals surface area contributed by atoms with Gasteiger partial charge in [0, 0.05) is 51.6 Å².